The molecule has 0 bridgehead atoms. The zero-order chi connectivity index (χ0) is 19.3. The Hall–Kier alpha value is -3.14. The first-order valence-electron chi connectivity index (χ1n) is 7.09. The van der Waals surface area contributed by atoms with Crippen LogP contribution in [-0.2, 0) is 0 Å². The molecule has 0 aliphatic rings. The van der Waals surface area contributed by atoms with Crippen molar-refractivity contribution in [3.05, 3.63) is 56.0 Å². The maximum absolute atomic E-state index is 12.1. The Kier molecular flexibility index (Phi) is 6.12. The Bertz CT molecular complexity index is 885. The maximum Gasteiger partial charge on any atom is 0.312 e. The van der Waals surface area contributed by atoms with E-state index in [4.69, 9.17) is 9.47 Å². The number of aromatic hydroxyl groups is 1. The lowest BCUT2D eigenvalue weighted by molar-refractivity contribution is -0.385. The number of hydrogen-bond acceptors (Lipinski definition) is 7. The lowest BCUT2D eigenvalue weighted by Crippen LogP contribution is -2.17. The van der Waals surface area contributed by atoms with Crippen LogP contribution in [0.15, 0.2) is 39.9 Å². The van der Waals surface area contributed by atoms with E-state index in [-0.39, 0.29) is 11.1 Å². The summed E-state index contributed by atoms with van der Waals surface area (Å²) >= 11 is 3.11. The summed E-state index contributed by atoms with van der Waals surface area (Å²) in [4.78, 5) is 22.3. The predicted octanol–water partition coefficient (Wildman–Crippen LogP) is 2.84. The Morgan fingerprint density at radius 2 is 1.96 bits per heavy atom. The lowest BCUT2D eigenvalue weighted by Gasteiger charge is -2.08. The van der Waals surface area contributed by atoms with Crippen LogP contribution in [0.25, 0.3) is 0 Å². The molecule has 0 spiro atoms. The SMILES string of the molecule is COc1ccc(C(=O)N/N=C\c2cc(Br)cc([N+](=O)[O-])c2O)cc1OC. The van der Waals surface area contributed by atoms with Crippen molar-refractivity contribution in [2.24, 2.45) is 5.10 Å². The van der Waals surface area contributed by atoms with E-state index in [9.17, 15) is 20.0 Å². The number of benzene rings is 2. The normalized spacial score (nSPS) is 10.6. The number of rotatable bonds is 6. The zero-order valence-electron chi connectivity index (χ0n) is 13.7. The molecule has 0 aromatic heterocycles. The molecule has 1 amide bonds. The molecule has 0 saturated heterocycles. The van der Waals surface area contributed by atoms with E-state index in [2.05, 4.69) is 26.5 Å². The van der Waals surface area contributed by atoms with E-state index >= 15 is 0 Å². The fraction of sp³-hybridized carbons (Fsp3) is 0.125. The van der Waals surface area contributed by atoms with Crippen LogP contribution in [0.4, 0.5) is 5.69 Å². The highest BCUT2D eigenvalue weighted by Gasteiger charge is 2.17. The minimum Gasteiger partial charge on any atom is -0.502 e. The van der Waals surface area contributed by atoms with Gasteiger partial charge in [0.1, 0.15) is 0 Å². The van der Waals surface area contributed by atoms with Gasteiger partial charge >= 0.3 is 5.69 Å². The molecular weight excluding hydrogens is 410 g/mol. The number of halogens is 1. The van der Waals surface area contributed by atoms with E-state index in [0.29, 0.717) is 16.0 Å². The number of nitrogens with one attached hydrogen (secondary N) is 1. The fourth-order valence-corrected chi connectivity index (χ4v) is 2.51. The second-order valence-electron chi connectivity index (χ2n) is 4.89. The number of amides is 1. The first-order chi connectivity index (χ1) is 12.4. The molecule has 0 aliphatic carbocycles. The number of phenolic OH excluding ortho intramolecular Hbond substituents is 1. The minimum absolute atomic E-state index is 0.0682. The highest BCUT2D eigenvalue weighted by atomic mass is 79.9. The fourth-order valence-electron chi connectivity index (χ4n) is 2.05. The van der Waals surface area contributed by atoms with Crippen molar-refractivity contribution in [2.75, 3.05) is 14.2 Å². The van der Waals surface area contributed by atoms with Crippen molar-refractivity contribution < 1.29 is 24.3 Å². The molecule has 0 aliphatic heterocycles. The van der Waals surface area contributed by atoms with Gasteiger partial charge in [0.15, 0.2) is 11.5 Å². The average molecular weight is 424 g/mol. The average Bonchev–Trinajstić information content (AvgIpc) is 2.63. The number of nitrogens with zero attached hydrogens (tertiary/aromatic N) is 2. The van der Waals surface area contributed by atoms with Crippen LogP contribution in [0.2, 0.25) is 0 Å². The van der Waals surface area contributed by atoms with Crippen molar-refractivity contribution in [2.45, 2.75) is 0 Å². The Balaban J connectivity index is 2.18. The van der Waals surface area contributed by atoms with Crippen molar-refractivity contribution in [1.82, 2.24) is 5.43 Å². The van der Waals surface area contributed by atoms with Crippen LogP contribution >= 0.6 is 15.9 Å². The van der Waals surface area contributed by atoms with E-state index in [0.717, 1.165) is 12.3 Å². The summed E-state index contributed by atoms with van der Waals surface area (Å²) in [5.74, 6) is -0.239. The van der Waals surface area contributed by atoms with E-state index < -0.39 is 22.3 Å². The lowest BCUT2D eigenvalue weighted by atomic mass is 10.2. The summed E-state index contributed by atoms with van der Waals surface area (Å²) in [6.07, 6.45) is 1.10. The monoisotopic (exact) mass is 423 g/mol. The smallest absolute Gasteiger partial charge is 0.312 e. The summed E-state index contributed by atoms with van der Waals surface area (Å²) in [5.41, 5.74) is 2.13. The first-order valence-corrected chi connectivity index (χ1v) is 7.89. The molecule has 2 N–H and O–H groups in total. The third kappa shape index (κ3) is 4.28. The molecule has 136 valence electrons. The molecule has 2 aromatic rings. The molecule has 0 saturated carbocycles. The van der Waals surface area contributed by atoms with Crippen molar-refractivity contribution >= 4 is 33.7 Å². The van der Waals surface area contributed by atoms with Gasteiger partial charge in [0.2, 0.25) is 5.75 Å². The number of ether oxygens (including phenoxy) is 2. The third-order valence-electron chi connectivity index (χ3n) is 3.30. The summed E-state index contributed by atoms with van der Waals surface area (Å²) in [5, 5.41) is 24.5. The van der Waals surface area contributed by atoms with Crippen molar-refractivity contribution in [1.29, 1.82) is 0 Å². The van der Waals surface area contributed by atoms with Gasteiger partial charge in [-0.25, -0.2) is 5.43 Å². The molecule has 0 atom stereocenters. The highest BCUT2D eigenvalue weighted by Crippen LogP contribution is 2.32. The van der Waals surface area contributed by atoms with Gasteiger partial charge in [-0.1, -0.05) is 15.9 Å². The van der Waals surface area contributed by atoms with Gasteiger partial charge in [0.05, 0.1) is 25.4 Å². The van der Waals surface area contributed by atoms with Gasteiger partial charge < -0.3 is 14.6 Å². The zero-order valence-corrected chi connectivity index (χ0v) is 15.3. The largest absolute Gasteiger partial charge is 0.502 e. The van der Waals surface area contributed by atoms with Crippen LogP contribution in [0.1, 0.15) is 15.9 Å². The van der Waals surface area contributed by atoms with E-state index in [1.165, 1.54) is 32.4 Å². The quantitative estimate of drug-likeness (QED) is 0.418. The molecule has 26 heavy (non-hydrogen) atoms. The first kappa shape index (κ1) is 19.2. The number of carbonyl (C=O) groups excluding carboxylic acids is 1. The molecule has 0 heterocycles. The Labute approximate surface area is 156 Å². The van der Waals surface area contributed by atoms with E-state index in [1.807, 2.05) is 0 Å². The van der Waals surface area contributed by atoms with Crippen molar-refractivity contribution in [3.63, 3.8) is 0 Å². The topological polar surface area (TPSA) is 123 Å². The molecule has 10 heteroatoms. The van der Waals surface area contributed by atoms with Gasteiger partial charge in [-0.2, -0.15) is 5.10 Å². The van der Waals surface area contributed by atoms with E-state index in [1.54, 1.807) is 6.07 Å². The molecule has 0 radical (unpaired) electrons. The molecule has 0 fully saturated rings. The van der Waals surface area contributed by atoms with Crippen LogP contribution in [0, 0.1) is 10.1 Å². The predicted molar refractivity (Wildman–Crippen MR) is 97.1 cm³/mol. The number of hydrogen-bond donors (Lipinski definition) is 2. The number of carbonyl (C=O) groups is 1. The van der Waals surface area contributed by atoms with Gasteiger partial charge in [-0.05, 0) is 24.3 Å². The molecule has 9 nitrogen and oxygen atoms in total. The molecular formula is C16H14BrN3O6. The highest BCUT2D eigenvalue weighted by molar-refractivity contribution is 9.10. The van der Waals surface area contributed by atoms with Crippen LogP contribution in [0.3, 0.4) is 0 Å². The Morgan fingerprint density at radius 3 is 2.58 bits per heavy atom. The second kappa shape index (κ2) is 8.30. The molecule has 2 aromatic carbocycles. The van der Waals surface area contributed by atoms with Crippen LogP contribution in [0.5, 0.6) is 17.2 Å². The maximum atomic E-state index is 12.1. The van der Waals surface area contributed by atoms with Gasteiger partial charge in [0.25, 0.3) is 5.91 Å². The number of methoxy groups -OCH3 is 2. The van der Waals surface area contributed by atoms with Crippen LogP contribution < -0.4 is 14.9 Å². The summed E-state index contributed by atoms with van der Waals surface area (Å²) in [6, 6.07) is 7.16. The number of nitro groups is 1. The second-order valence-corrected chi connectivity index (χ2v) is 5.80. The number of phenols is 1. The standard InChI is InChI=1S/C16H14BrN3O6/c1-25-13-4-3-9(6-14(13)26-2)16(22)19-18-8-10-5-11(17)7-12(15(10)21)20(23)24/h3-8,21H,1-2H3,(H,19,22)/b18-8-. The van der Waals surface area contributed by atoms with Gasteiger partial charge in [-0.3, -0.25) is 14.9 Å². The molecule has 2 rings (SSSR count). The third-order valence-corrected chi connectivity index (χ3v) is 3.75. The number of nitro benzene ring substituents is 1. The molecule has 0 unspecified atom stereocenters. The number of hydrazone groups is 1. The summed E-state index contributed by atoms with van der Waals surface area (Å²) in [6.45, 7) is 0. The van der Waals surface area contributed by atoms with Crippen molar-refractivity contribution in [3.8, 4) is 17.2 Å². The van der Waals surface area contributed by atoms with Crippen LogP contribution in [-0.4, -0.2) is 36.4 Å². The summed E-state index contributed by atoms with van der Waals surface area (Å²) in [7, 11) is 2.92. The summed E-state index contributed by atoms with van der Waals surface area (Å²) < 4.78 is 10.6. The van der Waals surface area contributed by atoms with Gasteiger partial charge in [0, 0.05) is 21.7 Å². The Morgan fingerprint density at radius 1 is 1.27 bits per heavy atom. The minimum atomic E-state index is -0.723. The van der Waals surface area contributed by atoms with Gasteiger partial charge in [-0.15, -0.1) is 0 Å².